The molecule has 3 N–H and O–H groups in total. The van der Waals surface area contributed by atoms with Gasteiger partial charge in [0.25, 0.3) is 5.72 Å². The van der Waals surface area contributed by atoms with Crippen LogP contribution in [0.2, 0.25) is 0 Å². The molecule has 0 saturated heterocycles. The van der Waals surface area contributed by atoms with Gasteiger partial charge in [0, 0.05) is 5.56 Å². The molecule has 1 aromatic rings. The van der Waals surface area contributed by atoms with Crippen LogP contribution in [0.5, 0.6) is 5.75 Å². The smallest absolute Gasteiger partial charge is 0.438 e. The molecule has 4 nitrogen and oxygen atoms in total. The zero-order valence-corrected chi connectivity index (χ0v) is 8.49. The molecule has 2 rings (SSSR count). The first kappa shape index (κ1) is 11.7. The van der Waals surface area contributed by atoms with E-state index in [0.717, 1.165) is 0 Å². The second-order valence-corrected chi connectivity index (χ2v) is 3.72. The van der Waals surface area contributed by atoms with Gasteiger partial charge >= 0.3 is 6.18 Å². The number of para-hydroxylation sites is 1. The van der Waals surface area contributed by atoms with E-state index in [4.69, 9.17) is 0 Å². The topological polar surface area (TPSA) is 64.9 Å². The van der Waals surface area contributed by atoms with Crippen LogP contribution in [0, 0.1) is 0 Å². The fraction of sp³-hybridized carbons (Fsp3) is 0.300. The number of benzene rings is 1. The van der Waals surface area contributed by atoms with Crippen molar-refractivity contribution in [3.8, 4) is 5.75 Å². The van der Waals surface area contributed by atoms with E-state index in [9.17, 15) is 23.4 Å². The van der Waals surface area contributed by atoms with E-state index < -0.39 is 18.3 Å². The maximum Gasteiger partial charge on any atom is 0.438 e. The molecular formula is C10H9F3N2O2. The maximum atomic E-state index is 12.5. The van der Waals surface area contributed by atoms with Gasteiger partial charge in [0.1, 0.15) is 5.75 Å². The fourth-order valence-electron chi connectivity index (χ4n) is 1.52. The standard InChI is InChI=1S/C10H9F3N2O2/c11-10(12,13)9(17)5-7(14-15-9)6-3-1-2-4-8(6)16/h1-4,15-17H,5H2/t9-/m1/s1. The Morgan fingerprint density at radius 3 is 2.47 bits per heavy atom. The van der Waals surface area contributed by atoms with Crippen LogP contribution >= 0.6 is 0 Å². The summed E-state index contributed by atoms with van der Waals surface area (Å²) < 4.78 is 37.5. The Labute approximate surface area is 94.4 Å². The molecule has 0 unspecified atom stereocenters. The van der Waals surface area contributed by atoms with Crippen LogP contribution in [0.1, 0.15) is 12.0 Å². The highest BCUT2D eigenvalue weighted by Crippen LogP contribution is 2.35. The number of alkyl halides is 3. The molecule has 1 aliphatic heterocycles. The number of hydrogen-bond acceptors (Lipinski definition) is 4. The van der Waals surface area contributed by atoms with E-state index in [1.165, 1.54) is 18.2 Å². The Kier molecular flexibility index (Phi) is 2.50. The summed E-state index contributed by atoms with van der Waals surface area (Å²) in [6.07, 6.45) is -5.57. The Bertz CT molecular complexity index is 473. The van der Waals surface area contributed by atoms with Crippen LogP contribution in [0.25, 0.3) is 0 Å². The van der Waals surface area contributed by atoms with E-state index in [2.05, 4.69) is 5.10 Å². The molecule has 0 bridgehead atoms. The van der Waals surface area contributed by atoms with Crippen LogP contribution in [-0.2, 0) is 0 Å². The highest BCUT2D eigenvalue weighted by molar-refractivity contribution is 6.04. The number of phenols is 1. The van der Waals surface area contributed by atoms with Crippen molar-refractivity contribution in [2.45, 2.75) is 18.3 Å². The molecular weight excluding hydrogens is 237 g/mol. The number of aliphatic hydroxyl groups is 1. The van der Waals surface area contributed by atoms with E-state index in [-0.39, 0.29) is 17.0 Å². The molecule has 0 aliphatic carbocycles. The predicted molar refractivity (Wildman–Crippen MR) is 53.4 cm³/mol. The van der Waals surface area contributed by atoms with Gasteiger partial charge in [-0.05, 0) is 12.1 Å². The monoisotopic (exact) mass is 246 g/mol. The van der Waals surface area contributed by atoms with Gasteiger partial charge in [-0.2, -0.15) is 18.3 Å². The average molecular weight is 246 g/mol. The zero-order chi connectivity index (χ0) is 12.7. The molecule has 0 spiro atoms. The lowest BCUT2D eigenvalue weighted by Gasteiger charge is -2.24. The third kappa shape index (κ3) is 1.93. The highest BCUT2D eigenvalue weighted by atomic mass is 19.4. The van der Waals surface area contributed by atoms with Gasteiger partial charge in [-0.25, -0.2) is 0 Å². The number of hydrogen-bond donors (Lipinski definition) is 3. The molecule has 1 heterocycles. The van der Waals surface area contributed by atoms with Gasteiger partial charge in [-0.15, -0.1) is 0 Å². The third-order valence-electron chi connectivity index (χ3n) is 2.48. The lowest BCUT2D eigenvalue weighted by atomic mass is 10.0. The van der Waals surface area contributed by atoms with E-state index in [1.807, 2.05) is 0 Å². The number of phenolic OH excluding ortho intramolecular Hbond substituents is 1. The Balaban J connectivity index is 2.27. The second kappa shape index (κ2) is 3.63. The summed E-state index contributed by atoms with van der Waals surface area (Å²) >= 11 is 0. The summed E-state index contributed by atoms with van der Waals surface area (Å²) in [5.74, 6) is -0.181. The minimum absolute atomic E-state index is 0.0390. The Hall–Kier alpha value is -1.76. The van der Waals surface area contributed by atoms with Crippen LogP contribution in [-0.4, -0.2) is 27.8 Å². The van der Waals surface area contributed by atoms with Crippen molar-refractivity contribution in [3.63, 3.8) is 0 Å². The quantitative estimate of drug-likeness (QED) is 0.700. The Morgan fingerprint density at radius 2 is 1.94 bits per heavy atom. The number of nitrogens with one attached hydrogen (secondary N) is 1. The third-order valence-corrected chi connectivity index (χ3v) is 2.48. The molecule has 17 heavy (non-hydrogen) atoms. The number of rotatable bonds is 1. The van der Waals surface area contributed by atoms with Gasteiger partial charge in [0.15, 0.2) is 0 Å². The summed E-state index contributed by atoms with van der Waals surface area (Å²) in [6, 6.07) is 5.86. The average Bonchev–Trinajstić information content (AvgIpc) is 2.62. The van der Waals surface area contributed by atoms with Crippen molar-refractivity contribution in [1.82, 2.24) is 5.43 Å². The Morgan fingerprint density at radius 1 is 1.29 bits per heavy atom. The van der Waals surface area contributed by atoms with Crippen molar-refractivity contribution in [3.05, 3.63) is 29.8 Å². The van der Waals surface area contributed by atoms with Crippen LogP contribution in [0.4, 0.5) is 13.2 Å². The number of aromatic hydroxyl groups is 1. The summed E-state index contributed by atoms with van der Waals surface area (Å²) in [4.78, 5) is 0. The van der Waals surface area contributed by atoms with Crippen molar-refractivity contribution in [2.24, 2.45) is 5.10 Å². The molecule has 0 saturated carbocycles. The van der Waals surface area contributed by atoms with Gasteiger partial charge < -0.3 is 10.2 Å². The van der Waals surface area contributed by atoms with Crippen molar-refractivity contribution in [1.29, 1.82) is 0 Å². The lowest BCUT2D eigenvalue weighted by Crippen LogP contribution is -2.52. The molecule has 0 fully saturated rings. The second-order valence-electron chi connectivity index (χ2n) is 3.72. The molecule has 1 aromatic carbocycles. The molecule has 7 heteroatoms. The minimum atomic E-state index is -4.83. The lowest BCUT2D eigenvalue weighted by molar-refractivity contribution is -0.266. The van der Waals surface area contributed by atoms with Gasteiger partial charge in [0.05, 0.1) is 12.1 Å². The van der Waals surface area contributed by atoms with Gasteiger partial charge in [-0.1, -0.05) is 12.1 Å². The number of halogens is 3. The number of nitrogens with zero attached hydrogens (tertiary/aromatic N) is 1. The zero-order valence-electron chi connectivity index (χ0n) is 8.49. The molecule has 0 amide bonds. The summed E-state index contributed by atoms with van der Waals surface area (Å²) in [7, 11) is 0. The largest absolute Gasteiger partial charge is 0.507 e. The summed E-state index contributed by atoms with van der Waals surface area (Å²) in [5, 5.41) is 22.2. The van der Waals surface area contributed by atoms with Crippen molar-refractivity contribution in [2.75, 3.05) is 0 Å². The van der Waals surface area contributed by atoms with Crippen LogP contribution < -0.4 is 5.43 Å². The molecule has 0 aromatic heterocycles. The van der Waals surface area contributed by atoms with Gasteiger partial charge in [-0.3, -0.25) is 5.43 Å². The fourth-order valence-corrected chi connectivity index (χ4v) is 1.52. The van der Waals surface area contributed by atoms with Crippen LogP contribution in [0.3, 0.4) is 0 Å². The molecule has 0 radical (unpaired) electrons. The van der Waals surface area contributed by atoms with E-state index in [1.54, 1.807) is 11.5 Å². The first-order chi connectivity index (χ1) is 7.83. The van der Waals surface area contributed by atoms with Crippen LogP contribution in [0.15, 0.2) is 29.4 Å². The number of hydrazone groups is 1. The predicted octanol–water partition coefficient (Wildman–Crippen LogP) is 1.34. The molecule has 1 atom stereocenters. The SMILES string of the molecule is Oc1ccccc1C1=NN[C@](O)(C(F)(F)F)C1. The van der Waals surface area contributed by atoms with Gasteiger partial charge in [0.2, 0.25) is 0 Å². The molecule has 92 valence electrons. The minimum Gasteiger partial charge on any atom is -0.507 e. The molecule has 1 aliphatic rings. The van der Waals surface area contributed by atoms with Crippen molar-refractivity contribution >= 4 is 5.71 Å². The van der Waals surface area contributed by atoms with Crippen molar-refractivity contribution < 1.29 is 23.4 Å². The summed E-state index contributed by atoms with van der Waals surface area (Å²) in [5.41, 5.74) is -1.28. The summed E-state index contributed by atoms with van der Waals surface area (Å²) in [6.45, 7) is 0. The maximum absolute atomic E-state index is 12.5. The first-order valence-corrected chi connectivity index (χ1v) is 4.75. The van der Waals surface area contributed by atoms with E-state index in [0.29, 0.717) is 0 Å². The highest BCUT2D eigenvalue weighted by Gasteiger charge is 2.57. The first-order valence-electron chi connectivity index (χ1n) is 4.75. The van der Waals surface area contributed by atoms with E-state index >= 15 is 0 Å². The normalized spacial score (nSPS) is 24.4.